The van der Waals surface area contributed by atoms with Crippen molar-refractivity contribution in [3.63, 3.8) is 0 Å². The van der Waals surface area contributed by atoms with Crippen molar-refractivity contribution in [1.29, 1.82) is 0 Å². The maximum Gasteiger partial charge on any atom is 0.0592 e. The van der Waals surface area contributed by atoms with Gasteiger partial charge in [-0.05, 0) is 48.9 Å². The van der Waals surface area contributed by atoms with Crippen LogP contribution in [0.5, 0.6) is 0 Å². The molecular formula is C15H14BrCl2N. The van der Waals surface area contributed by atoms with Crippen LogP contribution < -0.4 is 5.32 Å². The molecule has 4 heteroatoms. The van der Waals surface area contributed by atoms with Gasteiger partial charge >= 0.3 is 0 Å². The summed E-state index contributed by atoms with van der Waals surface area (Å²) in [6.07, 6.45) is 0. The number of hydrogen-bond acceptors (Lipinski definition) is 1. The van der Waals surface area contributed by atoms with Crippen LogP contribution in [0.2, 0.25) is 10.0 Å². The Morgan fingerprint density at radius 3 is 2.47 bits per heavy atom. The molecule has 0 saturated heterocycles. The van der Waals surface area contributed by atoms with Crippen LogP contribution in [-0.4, -0.2) is 7.05 Å². The molecule has 0 aliphatic heterocycles. The highest BCUT2D eigenvalue weighted by Crippen LogP contribution is 2.33. The van der Waals surface area contributed by atoms with E-state index in [9.17, 15) is 0 Å². The number of hydrogen-bond donors (Lipinski definition) is 1. The van der Waals surface area contributed by atoms with Gasteiger partial charge < -0.3 is 5.32 Å². The van der Waals surface area contributed by atoms with Crippen LogP contribution in [0, 0.1) is 6.92 Å². The molecule has 2 rings (SSSR count). The summed E-state index contributed by atoms with van der Waals surface area (Å²) < 4.78 is 1.09. The second-order valence-corrected chi connectivity index (χ2v) is 6.04. The van der Waals surface area contributed by atoms with Gasteiger partial charge in [0.05, 0.1) is 6.04 Å². The maximum absolute atomic E-state index is 6.31. The minimum atomic E-state index is 0.0438. The molecule has 0 heterocycles. The minimum absolute atomic E-state index is 0.0438. The standard InChI is InChI=1S/C15H14BrCl2N/c1-9-11(4-3-5-13(9)16)15(19-2)12-7-6-10(17)8-14(12)18/h3-8,15,19H,1-2H3. The Balaban J connectivity index is 2.53. The van der Waals surface area contributed by atoms with E-state index in [1.165, 1.54) is 11.1 Å². The van der Waals surface area contributed by atoms with E-state index in [4.69, 9.17) is 23.2 Å². The third kappa shape index (κ3) is 3.14. The molecule has 0 saturated carbocycles. The van der Waals surface area contributed by atoms with Crippen LogP contribution in [0.1, 0.15) is 22.7 Å². The number of nitrogens with one attached hydrogen (secondary N) is 1. The average Bonchev–Trinajstić information content (AvgIpc) is 2.37. The first-order chi connectivity index (χ1) is 9.04. The van der Waals surface area contributed by atoms with Crippen LogP contribution in [0.3, 0.4) is 0 Å². The molecule has 19 heavy (non-hydrogen) atoms. The average molecular weight is 359 g/mol. The summed E-state index contributed by atoms with van der Waals surface area (Å²) in [7, 11) is 1.93. The summed E-state index contributed by atoms with van der Waals surface area (Å²) in [6.45, 7) is 2.09. The Labute approximate surface area is 132 Å². The number of halogens is 3. The van der Waals surface area contributed by atoms with E-state index < -0.39 is 0 Å². The van der Waals surface area contributed by atoms with E-state index >= 15 is 0 Å². The molecule has 0 amide bonds. The van der Waals surface area contributed by atoms with Gasteiger partial charge in [-0.2, -0.15) is 0 Å². The van der Waals surface area contributed by atoms with Crippen molar-refractivity contribution in [3.05, 3.63) is 67.6 Å². The van der Waals surface area contributed by atoms with Crippen LogP contribution in [-0.2, 0) is 0 Å². The predicted molar refractivity (Wildman–Crippen MR) is 86.2 cm³/mol. The highest BCUT2D eigenvalue weighted by molar-refractivity contribution is 9.10. The van der Waals surface area contributed by atoms with Crippen molar-refractivity contribution in [3.8, 4) is 0 Å². The molecule has 1 atom stereocenters. The summed E-state index contributed by atoms with van der Waals surface area (Å²) in [5.41, 5.74) is 3.42. The second kappa shape index (κ2) is 6.27. The Hall–Kier alpha value is -0.540. The van der Waals surface area contributed by atoms with E-state index in [0.717, 1.165) is 10.0 Å². The Morgan fingerprint density at radius 1 is 1.11 bits per heavy atom. The molecule has 1 unspecified atom stereocenters. The third-order valence-electron chi connectivity index (χ3n) is 3.18. The van der Waals surface area contributed by atoms with Crippen molar-refractivity contribution < 1.29 is 0 Å². The topological polar surface area (TPSA) is 12.0 Å². The van der Waals surface area contributed by atoms with Crippen LogP contribution >= 0.6 is 39.1 Å². The summed E-state index contributed by atoms with van der Waals surface area (Å²) in [5.74, 6) is 0. The monoisotopic (exact) mass is 357 g/mol. The fraction of sp³-hybridized carbons (Fsp3) is 0.200. The largest absolute Gasteiger partial charge is 0.309 e. The summed E-state index contributed by atoms with van der Waals surface area (Å²) in [6, 6.07) is 11.8. The van der Waals surface area contributed by atoms with Gasteiger partial charge in [-0.25, -0.2) is 0 Å². The lowest BCUT2D eigenvalue weighted by molar-refractivity contribution is 0.687. The SMILES string of the molecule is CNC(c1ccc(Cl)cc1Cl)c1cccc(Br)c1C. The fourth-order valence-corrected chi connectivity index (χ4v) is 3.05. The van der Waals surface area contributed by atoms with Gasteiger partial charge in [0.15, 0.2) is 0 Å². The smallest absolute Gasteiger partial charge is 0.0592 e. The lowest BCUT2D eigenvalue weighted by Gasteiger charge is -2.21. The highest BCUT2D eigenvalue weighted by Gasteiger charge is 2.18. The maximum atomic E-state index is 6.31. The molecule has 2 aromatic rings. The van der Waals surface area contributed by atoms with Gasteiger partial charge in [-0.3, -0.25) is 0 Å². The summed E-state index contributed by atoms with van der Waals surface area (Å²) in [5, 5.41) is 4.63. The Kier molecular flexibility index (Phi) is 4.91. The van der Waals surface area contributed by atoms with E-state index in [1.807, 2.05) is 31.3 Å². The normalized spacial score (nSPS) is 12.5. The van der Waals surface area contributed by atoms with Crippen LogP contribution in [0.15, 0.2) is 40.9 Å². The lowest BCUT2D eigenvalue weighted by Crippen LogP contribution is -2.19. The van der Waals surface area contributed by atoms with Gasteiger partial charge in [-0.1, -0.05) is 57.3 Å². The molecule has 1 nitrogen and oxygen atoms in total. The number of benzene rings is 2. The molecule has 1 N–H and O–H groups in total. The van der Waals surface area contributed by atoms with Crippen molar-refractivity contribution in [2.24, 2.45) is 0 Å². The fourth-order valence-electron chi connectivity index (χ4n) is 2.15. The first-order valence-electron chi connectivity index (χ1n) is 5.92. The van der Waals surface area contributed by atoms with Gasteiger partial charge in [0.2, 0.25) is 0 Å². The highest BCUT2D eigenvalue weighted by atomic mass is 79.9. The molecule has 0 aromatic heterocycles. The summed E-state index contributed by atoms with van der Waals surface area (Å²) >= 11 is 15.8. The van der Waals surface area contributed by atoms with Crippen molar-refractivity contribution in [2.75, 3.05) is 7.05 Å². The van der Waals surface area contributed by atoms with Crippen LogP contribution in [0.4, 0.5) is 0 Å². The van der Waals surface area contributed by atoms with Gasteiger partial charge in [0.25, 0.3) is 0 Å². The quantitative estimate of drug-likeness (QED) is 0.777. The van der Waals surface area contributed by atoms with E-state index in [2.05, 4.69) is 34.2 Å². The van der Waals surface area contributed by atoms with E-state index in [-0.39, 0.29) is 6.04 Å². The van der Waals surface area contributed by atoms with Crippen LogP contribution in [0.25, 0.3) is 0 Å². The lowest BCUT2D eigenvalue weighted by atomic mass is 9.95. The van der Waals surface area contributed by atoms with Crippen molar-refractivity contribution in [1.82, 2.24) is 5.32 Å². The van der Waals surface area contributed by atoms with Gasteiger partial charge in [0.1, 0.15) is 0 Å². The second-order valence-electron chi connectivity index (χ2n) is 4.34. The predicted octanol–water partition coefficient (Wildman–Crippen LogP) is 5.37. The number of rotatable bonds is 3. The molecule has 0 aliphatic carbocycles. The van der Waals surface area contributed by atoms with Crippen molar-refractivity contribution >= 4 is 39.1 Å². The molecular weight excluding hydrogens is 345 g/mol. The molecule has 2 aromatic carbocycles. The van der Waals surface area contributed by atoms with Gasteiger partial charge in [0, 0.05) is 14.5 Å². The molecule has 100 valence electrons. The first kappa shape index (κ1) is 14.9. The zero-order valence-electron chi connectivity index (χ0n) is 10.7. The Morgan fingerprint density at radius 2 is 1.84 bits per heavy atom. The van der Waals surface area contributed by atoms with Gasteiger partial charge in [-0.15, -0.1) is 0 Å². The third-order valence-corrected chi connectivity index (χ3v) is 4.60. The summed E-state index contributed by atoms with van der Waals surface area (Å²) in [4.78, 5) is 0. The minimum Gasteiger partial charge on any atom is -0.309 e. The zero-order valence-corrected chi connectivity index (χ0v) is 13.8. The molecule has 0 radical (unpaired) electrons. The van der Waals surface area contributed by atoms with E-state index in [0.29, 0.717) is 10.0 Å². The van der Waals surface area contributed by atoms with E-state index in [1.54, 1.807) is 6.07 Å². The molecule has 0 spiro atoms. The van der Waals surface area contributed by atoms with Crippen molar-refractivity contribution in [2.45, 2.75) is 13.0 Å². The molecule has 0 bridgehead atoms. The zero-order chi connectivity index (χ0) is 14.0. The first-order valence-corrected chi connectivity index (χ1v) is 7.46. The molecule has 0 fully saturated rings. The molecule has 0 aliphatic rings. The Bertz CT molecular complexity index is 599.